The molecule has 1 aliphatic carbocycles. The summed E-state index contributed by atoms with van der Waals surface area (Å²) in [6, 6.07) is 21.2. The number of aliphatic hydroxyl groups is 1. The zero-order chi connectivity index (χ0) is 24.5. The second kappa shape index (κ2) is 9.23. The number of ether oxygens (including phenoxy) is 1. The van der Waals surface area contributed by atoms with Crippen LogP contribution in [0.25, 0.3) is 11.1 Å². The lowest BCUT2D eigenvalue weighted by Gasteiger charge is -2.22. The van der Waals surface area contributed by atoms with E-state index < -0.39 is 30.1 Å². The molecule has 178 valence electrons. The maximum atomic E-state index is 13.1. The van der Waals surface area contributed by atoms with Gasteiger partial charge in [-0.1, -0.05) is 60.7 Å². The predicted molar refractivity (Wildman–Crippen MR) is 128 cm³/mol. The Hall–Kier alpha value is -4.17. The number of carboxylic acid groups (broad SMARTS) is 1. The van der Waals surface area contributed by atoms with E-state index in [4.69, 9.17) is 4.74 Å². The van der Waals surface area contributed by atoms with Crippen LogP contribution in [0.5, 0.6) is 0 Å². The average molecular weight is 472 g/mol. The Morgan fingerprint density at radius 3 is 2.17 bits per heavy atom. The van der Waals surface area contributed by atoms with Crippen LogP contribution in [0.3, 0.4) is 0 Å². The summed E-state index contributed by atoms with van der Waals surface area (Å²) in [5.41, 5.74) is 4.75. The molecule has 1 saturated heterocycles. The van der Waals surface area contributed by atoms with Gasteiger partial charge in [0.05, 0.1) is 17.4 Å². The van der Waals surface area contributed by atoms with E-state index in [1.54, 1.807) is 18.2 Å². The van der Waals surface area contributed by atoms with E-state index in [-0.39, 0.29) is 36.7 Å². The highest BCUT2D eigenvalue weighted by Crippen LogP contribution is 2.44. The summed E-state index contributed by atoms with van der Waals surface area (Å²) in [5.74, 6) is -1.87. The third-order valence-corrected chi connectivity index (χ3v) is 6.56. The van der Waals surface area contributed by atoms with Crippen molar-refractivity contribution >= 4 is 23.7 Å². The Bertz CT molecular complexity index is 1260. The summed E-state index contributed by atoms with van der Waals surface area (Å²) in [6.07, 6.45) is -1.67. The van der Waals surface area contributed by atoms with Gasteiger partial charge in [0.2, 0.25) is 0 Å². The van der Waals surface area contributed by atoms with Crippen molar-refractivity contribution in [2.24, 2.45) is 0 Å². The highest BCUT2D eigenvalue weighted by molar-refractivity contribution is 6.04. The van der Waals surface area contributed by atoms with E-state index in [1.165, 1.54) is 6.07 Å². The molecule has 35 heavy (non-hydrogen) atoms. The number of benzene rings is 3. The Balaban J connectivity index is 1.31. The predicted octanol–water partition coefficient (Wildman–Crippen LogP) is 3.71. The fraction of sp³-hybridized carbons (Fsp3) is 0.222. The van der Waals surface area contributed by atoms with E-state index in [0.29, 0.717) is 0 Å². The van der Waals surface area contributed by atoms with Crippen LogP contribution in [0.2, 0.25) is 0 Å². The standard InChI is InChI=1S/C27H24N2O6/c30-16-13-24(26(32)33)29(14-16)25(31)21-11-5-6-12-23(21)28-27(34)35-15-22-19-9-3-1-7-17(19)18-8-2-4-10-20(18)22/h1-12,16,22,24,30H,13-15H2,(H,28,34)(H,32,33)/t16-,24+/m1/s1. The van der Waals surface area contributed by atoms with E-state index >= 15 is 0 Å². The van der Waals surface area contributed by atoms with E-state index in [2.05, 4.69) is 17.4 Å². The molecule has 3 aromatic rings. The van der Waals surface area contributed by atoms with E-state index in [0.717, 1.165) is 27.2 Å². The topological polar surface area (TPSA) is 116 Å². The minimum absolute atomic E-state index is 0.0386. The van der Waals surface area contributed by atoms with Crippen molar-refractivity contribution in [3.63, 3.8) is 0 Å². The highest BCUT2D eigenvalue weighted by atomic mass is 16.5. The van der Waals surface area contributed by atoms with Crippen molar-refractivity contribution < 1.29 is 29.3 Å². The number of anilines is 1. The second-order valence-corrected chi connectivity index (χ2v) is 8.70. The van der Waals surface area contributed by atoms with Gasteiger partial charge in [0, 0.05) is 18.9 Å². The number of amides is 2. The molecule has 1 aliphatic heterocycles. The molecule has 0 saturated carbocycles. The first-order valence-electron chi connectivity index (χ1n) is 11.4. The summed E-state index contributed by atoms with van der Waals surface area (Å²) in [4.78, 5) is 38.5. The summed E-state index contributed by atoms with van der Waals surface area (Å²) in [5, 5.41) is 21.9. The third kappa shape index (κ3) is 4.24. The maximum absolute atomic E-state index is 13.1. The number of likely N-dealkylation sites (tertiary alicyclic amines) is 1. The normalized spacial score (nSPS) is 18.6. The lowest BCUT2D eigenvalue weighted by molar-refractivity contribution is -0.141. The molecule has 2 atom stereocenters. The summed E-state index contributed by atoms with van der Waals surface area (Å²) >= 11 is 0. The maximum Gasteiger partial charge on any atom is 0.411 e. The molecule has 0 radical (unpaired) electrons. The molecule has 0 spiro atoms. The van der Waals surface area contributed by atoms with Gasteiger partial charge in [-0.15, -0.1) is 0 Å². The van der Waals surface area contributed by atoms with Gasteiger partial charge in [-0.2, -0.15) is 0 Å². The molecule has 1 heterocycles. The fourth-order valence-electron chi connectivity index (χ4n) is 4.95. The molecule has 3 aromatic carbocycles. The largest absolute Gasteiger partial charge is 0.480 e. The van der Waals surface area contributed by atoms with Crippen molar-refractivity contribution in [3.8, 4) is 11.1 Å². The molecule has 0 bridgehead atoms. The number of fused-ring (bicyclic) bond motifs is 3. The molecule has 3 N–H and O–H groups in total. The molecular formula is C27H24N2O6. The van der Waals surface area contributed by atoms with Gasteiger partial charge in [0.15, 0.2) is 0 Å². The summed E-state index contributed by atoms with van der Waals surface area (Å²) < 4.78 is 5.57. The van der Waals surface area contributed by atoms with Crippen molar-refractivity contribution in [1.29, 1.82) is 0 Å². The number of carboxylic acids is 1. The third-order valence-electron chi connectivity index (χ3n) is 6.56. The van der Waals surface area contributed by atoms with Crippen molar-refractivity contribution in [2.75, 3.05) is 18.5 Å². The second-order valence-electron chi connectivity index (χ2n) is 8.70. The first kappa shape index (κ1) is 22.6. The number of rotatable bonds is 5. The first-order chi connectivity index (χ1) is 16.9. The van der Waals surface area contributed by atoms with Crippen LogP contribution in [-0.4, -0.2) is 58.4 Å². The molecule has 5 rings (SSSR count). The summed E-state index contributed by atoms with van der Waals surface area (Å²) in [6.45, 7) is 0.0322. The molecule has 2 amide bonds. The minimum Gasteiger partial charge on any atom is -0.480 e. The molecular weight excluding hydrogens is 448 g/mol. The smallest absolute Gasteiger partial charge is 0.411 e. The average Bonchev–Trinajstić information content (AvgIpc) is 3.41. The van der Waals surface area contributed by atoms with Gasteiger partial charge in [-0.25, -0.2) is 9.59 Å². The van der Waals surface area contributed by atoms with Gasteiger partial charge in [0.1, 0.15) is 12.6 Å². The molecule has 8 nitrogen and oxygen atoms in total. The van der Waals surface area contributed by atoms with Crippen LogP contribution in [0.4, 0.5) is 10.5 Å². The number of aliphatic carboxylic acids is 1. The number of hydrogen-bond acceptors (Lipinski definition) is 5. The fourth-order valence-corrected chi connectivity index (χ4v) is 4.95. The molecule has 2 aliphatic rings. The van der Waals surface area contributed by atoms with Gasteiger partial charge in [-0.3, -0.25) is 10.1 Å². The number of carbonyl (C=O) groups excluding carboxylic acids is 2. The number of para-hydroxylation sites is 1. The molecule has 0 unspecified atom stereocenters. The number of carbonyl (C=O) groups is 3. The number of β-amino-alcohol motifs (C(OH)–C–C–N with tert-alkyl or cyclic N) is 1. The van der Waals surface area contributed by atoms with E-state index in [9.17, 15) is 24.6 Å². The number of aliphatic hydroxyl groups excluding tert-OH is 1. The quantitative estimate of drug-likeness (QED) is 0.521. The van der Waals surface area contributed by atoms with Crippen LogP contribution in [0, 0.1) is 0 Å². The van der Waals surface area contributed by atoms with E-state index in [1.807, 2.05) is 36.4 Å². The SMILES string of the molecule is O=C(Nc1ccccc1C(=O)N1C[C@H](O)C[C@H]1C(=O)O)OCC1c2ccccc2-c2ccccc21. The van der Waals surface area contributed by atoms with Crippen molar-refractivity contribution in [1.82, 2.24) is 4.90 Å². The minimum atomic E-state index is -1.18. The van der Waals surface area contributed by atoms with Gasteiger partial charge < -0.3 is 19.8 Å². The molecule has 1 fully saturated rings. The lowest BCUT2D eigenvalue weighted by Crippen LogP contribution is -2.41. The Morgan fingerprint density at radius 2 is 1.51 bits per heavy atom. The lowest BCUT2D eigenvalue weighted by atomic mass is 9.98. The van der Waals surface area contributed by atoms with Crippen LogP contribution in [0.1, 0.15) is 33.8 Å². The highest BCUT2D eigenvalue weighted by Gasteiger charge is 2.40. The van der Waals surface area contributed by atoms with Crippen molar-refractivity contribution in [2.45, 2.75) is 24.5 Å². The zero-order valence-electron chi connectivity index (χ0n) is 18.8. The molecule has 0 aromatic heterocycles. The zero-order valence-corrected chi connectivity index (χ0v) is 18.8. The van der Waals surface area contributed by atoms with Crippen LogP contribution < -0.4 is 5.32 Å². The number of hydrogen-bond donors (Lipinski definition) is 3. The van der Waals surface area contributed by atoms with Crippen LogP contribution in [-0.2, 0) is 9.53 Å². The Kier molecular flexibility index (Phi) is 5.96. The van der Waals surface area contributed by atoms with Gasteiger partial charge in [0.25, 0.3) is 5.91 Å². The first-order valence-corrected chi connectivity index (χ1v) is 11.4. The summed E-state index contributed by atoms with van der Waals surface area (Å²) in [7, 11) is 0. The Morgan fingerprint density at radius 1 is 0.914 bits per heavy atom. The number of nitrogens with one attached hydrogen (secondary N) is 1. The van der Waals surface area contributed by atoms with Gasteiger partial charge >= 0.3 is 12.1 Å². The van der Waals surface area contributed by atoms with Crippen LogP contribution in [0.15, 0.2) is 72.8 Å². The van der Waals surface area contributed by atoms with Crippen molar-refractivity contribution in [3.05, 3.63) is 89.5 Å². The van der Waals surface area contributed by atoms with Crippen LogP contribution >= 0.6 is 0 Å². The number of nitrogens with zero attached hydrogens (tertiary/aromatic N) is 1. The van der Waals surface area contributed by atoms with Gasteiger partial charge in [-0.05, 0) is 34.4 Å². The monoisotopic (exact) mass is 472 g/mol. The molecule has 8 heteroatoms. The Labute approximate surface area is 201 Å².